The molecular formula is C17H24Cl3N3O2. The summed E-state index contributed by atoms with van der Waals surface area (Å²) in [4.78, 5) is 28.5. The summed E-state index contributed by atoms with van der Waals surface area (Å²) < 4.78 is 0. The Labute approximate surface area is 164 Å². The highest BCUT2D eigenvalue weighted by Crippen LogP contribution is 2.21. The lowest BCUT2D eigenvalue weighted by atomic mass is 9.95. The lowest BCUT2D eigenvalue weighted by Gasteiger charge is -2.38. The Bertz CT molecular complexity index is 609. The zero-order valence-corrected chi connectivity index (χ0v) is 16.8. The summed E-state index contributed by atoms with van der Waals surface area (Å²) in [5, 5.41) is 0.858. The number of hydrogen-bond acceptors (Lipinski definition) is 3. The van der Waals surface area contributed by atoms with Gasteiger partial charge in [0.1, 0.15) is 0 Å². The van der Waals surface area contributed by atoms with Crippen LogP contribution < -0.4 is 5.73 Å². The van der Waals surface area contributed by atoms with Gasteiger partial charge in [-0.1, -0.05) is 36.5 Å². The third-order valence-corrected chi connectivity index (χ3v) is 4.66. The number of benzene rings is 1. The molecule has 1 unspecified atom stereocenters. The van der Waals surface area contributed by atoms with E-state index >= 15 is 0 Å². The second-order valence-electron chi connectivity index (χ2n) is 6.41. The molecule has 140 valence electrons. The number of rotatable bonds is 4. The van der Waals surface area contributed by atoms with Gasteiger partial charge < -0.3 is 15.5 Å². The van der Waals surface area contributed by atoms with Gasteiger partial charge in [-0.25, -0.2) is 0 Å². The van der Waals surface area contributed by atoms with Crippen LogP contribution in [0.1, 0.15) is 37.0 Å². The van der Waals surface area contributed by atoms with Crippen LogP contribution in [0.4, 0.5) is 0 Å². The zero-order valence-electron chi connectivity index (χ0n) is 14.4. The Hall–Kier alpha value is -1.01. The van der Waals surface area contributed by atoms with Crippen LogP contribution in [0.2, 0.25) is 10.0 Å². The van der Waals surface area contributed by atoms with E-state index in [9.17, 15) is 9.59 Å². The Balaban J connectivity index is 0.00000312. The van der Waals surface area contributed by atoms with E-state index in [4.69, 9.17) is 28.9 Å². The van der Waals surface area contributed by atoms with Gasteiger partial charge in [-0.05, 0) is 31.5 Å². The van der Waals surface area contributed by atoms with Gasteiger partial charge in [-0.3, -0.25) is 9.59 Å². The summed E-state index contributed by atoms with van der Waals surface area (Å²) in [5.41, 5.74) is 5.73. The first kappa shape index (κ1) is 22.0. The van der Waals surface area contributed by atoms with Crippen LogP contribution in [0.15, 0.2) is 18.2 Å². The van der Waals surface area contributed by atoms with E-state index in [0.717, 1.165) is 6.42 Å². The summed E-state index contributed by atoms with van der Waals surface area (Å²) in [6.45, 7) is 5.67. The standard InChI is InChI=1S/C17H23Cl2N3O2.ClH/c1-3-4-17(2,20)16(24)22-7-5-21(6-8-22)15(23)12-9-13(18)11-14(19)10-12;/h9-11H,3-8,20H2,1-2H3;1H. The van der Waals surface area contributed by atoms with Gasteiger partial charge >= 0.3 is 0 Å². The number of nitrogens with two attached hydrogens (primary N) is 1. The average molecular weight is 409 g/mol. The molecule has 1 fully saturated rings. The van der Waals surface area contributed by atoms with Crippen molar-refractivity contribution in [2.75, 3.05) is 26.2 Å². The average Bonchev–Trinajstić information content (AvgIpc) is 2.52. The van der Waals surface area contributed by atoms with Crippen LogP contribution in [0.5, 0.6) is 0 Å². The molecule has 2 amide bonds. The maximum Gasteiger partial charge on any atom is 0.254 e. The normalized spacial score (nSPS) is 16.8. The molecule has 8 heteroatoms. The number of amides is 2. The third kappa shape index (κ3) is 5.48. The van der Waals surface area contributed by atoms with E-state index in [1.807, 2.05) is 6.92 Å². The van der Waals surface area contributed by atoms with Crippen LogP contribution in [-0.2, 0) is 4.79 Å². The molecule has 1 aromatic carbocycles. The highest BCUT2D eigenvalue weighted by Gasteiger charge is 2.34. The minimum Gasteiger partial charge on any atom is -0.338 e. The molecule has 0 saturated carbocycles. The van der Waals surface area contributed by atoms with E-state index < -0.39 is 5.54 Å². The molecule has 0 aromatic heterocycles. The molecule has 2 rings (SSSR count). The molecule has 0 bridgehead atoms. The van der Waals surface area contributed by atoms with Gasteiger partial charge in [-0.15, -0.1) is 12.4 Å². The molecular weight excluding hydrogens is 385 g/mol. The monoisotopic (exact) mass is 407 g/mol. The smallest absolute Gasteiger partial charge is 0.254 e. The van der Waals surface area contributed by atoms with Crippen LogP contribution in [0.3, 0.4) is 0 Å². The number of nitrogens with zero attached hydrogens (tertiary/aromatic N) is 2. The first-order chi connectivity index (χ1) is 11.2. The Morgan fingerprint density at radius 2 is 1.56 bits per heavy atom. The van der Waals surface area contributed by atoms with Crippen molar-refractivity contribution in [2.45, 2.75) is 32.2 Å². The minimum absolute atomic E-state index is 0. The first-order valence-electron chi connectivity index (χ1n) is 8.08. The molecule has 1 aliphatic rings. The summed E-state index contributed by atoms with van der Waals surface area (Å²) in [6.07, 6.45) is 1.50. The summed E-state index contributed by atoms with van der Waals surface area (Å²) >= 11 is 11.9. The maximum atomic E-state index is 12.6. The van der Waals surface area contributed by atoms with Crippen LogP contribution >= 0.6 is 35.6 Å². The summed E-state index contributed by atoms with van der Waals surface area (Å²) in [5.74, 6) is -0.183. The molecule has 0 aliphatic carbocycles. The van der Waals surface area contributed by atoms with E-state index in [-0.39, 0.29) is 24.2 Å². The molecule has 1 atom stereocenters. The number of piperazine rings is 1. The van der Waals surface area contributed by atoms with Crippen LogP contribution in [0, 0.1) is 0 Å². The van der Waals surface area contributed by atoms with Crippen molar-refractivity contribution in [3.8, 4) is 0 Å². The van der Waals surface area contributed by atoms with Gasteiger partial charge in [0.05, 0.1) is 5.54 Å². The fourth-order valence-corrected chi connectivity index (χ4v) is 3.49. The maximum absolute atomic E-state index is 12.6. The minimum atomic E-state index is -0.846. The molecule has 25 heavy (non-hydrogen) atoms. The van der Waals surface area contributed by atoms with Crippen LogP contribution in [-0.4, -0.2) is 53.3 Å². The predicted octanol–water partition coefficient (Wildman–Crippen LogP) is 3.22. The number of hydrogen-bond donors (Lipinski definition) is 1. The highest BCUT2D eigenvalue weighted by molar-refractivity contribution is 6.35. The van der Waals surface area contributed by atoms with Gasteiger partial charge in [-0.2, -0.15) is 0 Å². The van der Waals surface area contributed by atoms with Gasteiger partial charge in [0, 0.05) is 41.8 Å². The number of halogens is 3. The lowest BCUT2D eigenvalue weighted by Crippen LogP contribution is -2.58. The molecule has 1 saturated heterocycles. The van der Waals surface area contributed by atoms with Crippen molar-refractivity contribution < 1.29 is 9.59 Å². The van der Waals surface area contributed by atoms with Crippen molar-refractivity contribution in [2.24, 2.45) is 5.73 Å². The predicted molar refractivity (Wildman–Crippen MR) is 104 cm³/mol. The molecule has 2 N–H and O–H groups in total. The number of carbonyl (C=O) groups excluding carboxylic acids is 2. The van der Waals surface area contributed by atoms with Gasteiger partial charge in [0.25, 0.3) is 5.91 Å². The van der Waals surface area contributed by atoms with E-state index in [2.05, 4.69) is 0 Å². The molecule has 0 radical (unpaired) electrons. The van der Waals surface area contributed by atoms with Gasteiger partial charge in [0.15, 0.2) is 0 Å². The van der Waals surface area contributed by atoms with E-state index in [1.54, 1.807) is 34.9 Å². The molecule has 1 aliphatic heterocycles. The first-order valence-corrected chi connectivity index (χ1v) is 8.84. The van der Waals surface area contributed by atoms with Gasteiger partial charge in [0.2, 0.25) is 5.91 Å². The lowest BCUT2D eigenvalue weighted by molar-refractivity contribution is -0.138. The zero-order chi connectivity index (χ0) is 17.9. The second-order valence-corrected chi connectivity index (χ2v) is 7.28. The fourth-order valence-electron chi connectivity index (χ4n) is 2.96. The third-order valence-electron chi connectivity index (χ3n) is 4.22. The number of carbonyl (C=O) groups is 2. The molecule has 0 spiro atoms. The topological polar surface area (TPSA) is 66.6 Å². The van der Waals surface area contributed by atoms with Crippen LogP contribution in [0.25, 0.3) is 0 Å². The van der Waals surface area contributed by atoms with E-state index in [1.165, 1.54) is 0 Å². The van der Waals surface area contributed by atoms with Crippen molar-refractivity contribution in [1.29, 1.82) is 0 Å². The largest absolute Gasteiger partial charge is 0.338 e. The van der Waals surface area contributed by atoms with Crippen molar-refractivity contribution in [1.82, 2.24) is 9.80 Å². The SMILES string of the molecule is CCCC(C)(N)C(=O)N1CCN(C(=O)c2cc(Cl)cc(Cl)c2)CC1.Cl. The van der Waals surface area contributed by atoms with Crippen molar-refractivity contribution in [3.05, 3.63) is 33.8 Å². The van der Waals surface area contributed by atoms with E-state index in [0.29, 0.717) is 48.2 Å². The fraction of sp³-hybridized carbons (Fsp3) is 0.529. The molecule has 5 nitrogen and oxygen atoms in total. The summed E-state index contributed by atoms with van der Waals surface area (Å²) in [7, 11) is 0. The van der Waals surface area contributed by atoms with Crippen molar-refractivity contribution in [3.63, 3.8) is 0 Å². The molecule has 1 aromatic rings. The Morgan fingerprint density at radius 3 is 2.04 bits per heavy atom. The quantitative estimate of drug-likeness (QED) is 0.832. The molecule has 1 heterocycles. The Morgan fingerprint density at radius 1 is 1.08 bits per heavy atom. The summed E-state index contributed by atoms with van der Waals surface area (Å²) in [6, 6.07) is 4.79. The second kappa shape index (κ2) is 9.08. The highest BCUT2D eigenvalue weighted by atomic mass is 35.5. The van der Waals surface area contributed by atoms with Crippen molar-refractivity contribution >= 4 is 47.4 Å². The Kier molecular flexibility index (Phi) is 8.00.